The number of hydrogen-bond acceptors (Lipinski definition) is 10. The number of thioether (sulfide) groups is 1. The van der Waals surface area contributed by atoms with Gasteiger partial charge in [-0.1, -0.05) is 27.7 Å². The summed E-state index contributed by atoms with van der Waals surface area (Å²) in [6.07, 6.45) is 0. The highest BCUT2D eigenvalue weighted by Gasteiger charge is 2.27. The van der Waals surface area contributed by atoms with E-state index in [4.69, 9.17) is 14.2 Å². The van der Waals surface area contributed by atoms with Gasteiger partial charge in [0.2, 0.25) is 5.91 Å². The number of nitrogens with zero attached hydrogens (tertiary/aromatic N) is 3. The van der Waals surface area contributed by atoms with Crippen LogP contribution in [-0.4, -0.2) is 51.6 Å². The summed E-state index contributed by atoms with van der Waals surface area (Å²) in [6.45, 7) is 5.56. The summed E-state index contributed by atoms with van der Waals surface area (Å²) in [6, 6.07) is 7.43. The van der Waals surface area contributed by atoms with E-state index < -0.39 is 11.9 Å². The first-order valence-electron chi connectivity index (χ1n) is 10.9. The van der Waals surface area contributed by atoms with Crippen molar-refractivity contribution < 1.29 is 28.6 Å². The van der Waals surface area contributed by atoms with Crippen LogP contribution in [0.15, 0.2) is 33.9 Å². The molecule has 0 aliphatic carbocycles. The predicted molar refractivity (Wildman–Crippen MR) is 140 cm³/mol. The number of carbonyl (C=O) groups is 3. The highest BCUT2D eigenvalue weighted by molar-refractivity contribution is 9.10. The lowest BCUT2D eigenvalue weighted by atomic mass is 10.1. The first-order valence-corrected chi connectivity index (χ1v) is 13.5. The number of halogens is 1. The van der Waals surface area contributed by atoms with Gasteiger partial charge in [0, 0.05) is 11.5 Å². The third kappa shape index (κ3) is 6.86. The van der Waals surface area contributed by atoms with Crippen LogP contribution in [0.5, 0.6) is 5.75 Å². The first kappa shape index (κ1) is 27.7. The van der Waals surface area contributed by atoms with E-state index in [-0.39, 0.29) is 46.9 Å². The van der Waals surface area contributed by atoms with Gasteiger partial charge >= 0.3 is 11.9 Å². The Morgan fingerprint density at radius 2 is 1.75 bits per heavy atom. The number of nitrogens with one attached hydrogen (secondary N) is 1. The molecule has 2 aromatic heterocycles. The zero-order valence-electron chi connectivity index (χ0n) is 20.1. The standard InChI is InChI=1S/C23H25BrN4O6S2/c1-5-32-21(30)18-13(3)19(22(31)33-6-2)36-20(18)25-17(29)12-35-23-27-26-16(28(23)4)11-34-15-9-7-14(24)8-10-15/h7-10H,5-6,11-12H2,1-4H3,(H,25,29). The fraction of sp³-hybridized carbons (Fsp3) is 0.348. The Hall–Kier alpha value is -2.90. The molecule has 0 saturated heterocycles. The fourth-order valence-electron chi connectivity index (χ4n) is 3.01. The Kier molecular flexibility index (Phi) is 9.90. The number of carbonyl (C=O) groups excluding carboxylic acids is 3. The van der Waals surface area contributed by atoms with Crippen LogP contribution in [0.3, 0.4) is 0 Å². The molecule has 0 radical (unpaired) electrons. The van der Waals surface area contributed by atoms with Crippen molar-refractivity contribution in [2.24, 2.45) is 7.05 Å². The number of esters is 2. The highest BCUT2D eigenvalue weighted by Crippen LogP contribution is 2.34. The molecule has 3 rings (SSSR count). The van der Waals surface area contributed by atoms with Crippen LogP contribution in [0.25, 0.3) is 0 Å². The molecule has 0 aliphatic heterocycles. The van der Waals surface area contributed by atoms with Crippen LogP contribution in [0.2, 0.25) is 0 Å². The van der Waals surface area contributed by atoms with Crippen molar-refractivity contribution in [2.75, 3.05) is 24.3 Å². The molecule has 13 heteroatoms. The molecule has 2 heterocycles. The number of amides is 1. The molecule has 0 atom stereocenters. The largest absolute Gasteiger partial charge is 0.486 e. The maximum Gasteiger partial charge on any atom is 0.348 e. The lowest BCUT2D eigenvalue weighted by molar-refractivity contribution is -0.113. The van der Waals surface area contributed by atoms with Gasteiger partial charge in [-0.2, -0.15) is 0 Å². The van der Waals surface area contributed by atoms with Crippen molar-refractivity contribution in [1.29, 1.82) is 0 Å². The highest BCUT2D eigenvalue weighted by atomic mass is 79.9. The molecular weight excluding hydrogens is 572 g/mol. The third-order valence-electron chi connectivity index (χ3n) is 4.78. The molecule has 0 spiro atoms. The molecule has 0 bridgehead atoms. The minimum absolute atomic E-state index is 0.00744. The van der Waals surface area contributed by atoms with Crippen molar-refractivity contribution >= 4 is 61.9 Å². The molecule has 0 unspecified atom stereocenters. The van der Waals surface area contributed by atoms with E-state index in [0.29, 0.717) is 22.3 Å². The number of benzene rings is 1. The fourth-order valence-corrected chi connectivity index (χ4v) is 5.11. The molecular formula is C23H25BrN4O6S2. The molecule has 10 nitrogen and oxygen atoms in total. The van der Waals surface area contributed by atoms with E-state index in [9.17, 15) is 14.4 Å². The second-order valence-corrected chi connectivity index (χ2v) is 10.1. The molecule has 1 aromatic carbocycles. The van der Waals surface area contributed by atoms with Crippen LogP contribution in [0, 0.1) is 6.92 Å². The van der Waals surface area contributed by atoms with Gasteiger partial charge in [0.05, 0.1) is 24.5 Å². The minimum atomic E-state index is -0.617. The first-order chi connectivity index (χ1) is 17.2. The van der Waals surface area contributed by atoms with Gasteiger partial charge in [0.25, 0.3) is 0 Å². The smallest absolute Gasteiger partial charge is 0.348 e. The zero-order valence-corrected chi connectivity index (χ0v) is 23.3. The van der Waals surface area contributed by atoms with Gasteiger partial charge in [-0.3, -0.25) is 4.79 Å². The lowest BCUT2D eigenvalue weighted by Gasteiger charge is -2.08. The Labute approximate surface area is 224 Å². The Balaban J connectivity index is 1.65. The molecule has 1 amide bonds. The molecule has 1 N–H and O–H groups in total. The topological polar surface area (TPSA) is 122 Å². The maximum absolute atomic E-state index is 12.7. The lowest BCUT2D eigenvalue weighted by Crippen LogP contribution is -2.17. The number of ether oxygens (including phenoxy) is 3. The van der Waals surface area contributed by atoms with Gasteiger partial charge in [0.1, 0.15) is 22.2 Å². The summed E-state index contributed by atoms with van der Waals surface area (Å²) < 4.78 is 18.6. The quantitative estimate of drug-likeness (QED) is 0.250. The number of thiophene rings is 1. The summed E-state index contributed by atoms with van der Waals surface area (Å²) >= 11 is 5.54. The average molecular weight is 598 g/mol. The summed E-state index contributed by atoms with van der Waals surface area (Å²) in [5.41, 5.74) is 0.554. The number of hydrogen-bond donors (Lipinski definition) is 1. The van der Waals surface area contributed by atoms with Crippen LogP contribution in [0.1, 0.15) is 45.3 Å². The summed E-state index contributed by atoms with van der Waals surface area (Å²) in [5, 5.41) is 11.7. The number of aromatic nitrogens is 3. The van der Waals surface area contributed by atoms with E-state index in [2.05, 4.69) is 31.4 Å². The second kappa shape index (κ2) is 12.9. The molecule has 0 saturated carbocycles. The van der Waals surface area contributed by atoms with E-state index in [1.807, 2.05) is 24.3 Å². The van der Waals surface area contributed by atoms with E-state index in [0.717, 1.165) is 15.8 Å². The Morgan fingerprint density at radius 1 is 1.08 bits per heavy atom. The number of rotatable bonds is 11. The van der Waals surface area contributed by atoms with E-state index >= 15 is 0 Å². The second-order valence-electron chi connectivity index (χ2n) is 7.24. The van der Waals surface area contributed by atoms with Crippen molar-refractivity contribution in [1.82, 2.24) is 14.8 Å². The maximum atomic E-state index is 12.7. The predicted octanol–water partition coefficient (Wildman–Crippen LogP) is 4.61. The van der Waals surface area contributed by atoms with Gasteiger partial charge in [-0.05, 0) is 50.6 Å². The summed E-state index contributed by atoms with van der Waals surface area (Å²) in [7, 11) is 1.79. The van der Waals surface area contributed by atoms with Crippen LogP contribution in [-0.2, 0) is 27.9 Å². The SMILES string of the molecule is CCOC(=O)c1sc(NC(=O)CSc2nnc(COc3ccc(Br)cc3)n2C)c(C(=O)OCC)c1C. The molecule has 0 aliphatic rings. The van der Waals surface area contributed by atoms with Gasteiger partial charge in [0.15, 0.2) is 11.0 Å². The van der Waals surface area contributed by atoms with Gasteiger partial charge in [-0.15, -0.1) is 21.5 Å². The van der Waals surface area contributed by atoms with Gasteiger partial charge in [-0.25, -0.2) is 9.59 Å². The molecule has 0 fully saturated rings. The normalized spacial score (nSPS) is 10.7. The molecule has 3 aromatic rings. The van der Waals surface area contributed by atoms with Crippen molar-refractivity contribution in [3.05, 3.63) is 50.6 Å². The van der Waals surface area contributed by atoms with Crippen molar-refractivity contribution in [3.63, 3.8) is 0 Å². The van der Waals surface area contributed by atoms with Gasteiger partial charge < -0.3 is 24.1 Å². The average Bonchev–Trinajstić information content (AvgIpc) is 3.36. The molecule has 36 heavy (non-hydrogen) atoms. The van der Waals surface area contributed by atoms with E-state index in [1.165, 1.54) is 11.8 Å². The van der Waals surface area contributed by atoms with Crippen LogP contribution >= 0.6 is 39.0 Å². The monoisotopic (exact) mass is 596 g/mol. The Morgan fingerprint density at radius 3 is 2.42 bits per heavy atom. The minimum Gasteiger partial charge on any atom is -0.486 e. The van der Waals surface area contributed by atoms with Crippen LogP contribution < -0.4 is 10.1 Å². The van der Waals surface area contributed by atoms with Crippen molar-refractivity contribution in [3.8, 4) is 5.75 Å². The third-order valence-corrected chi connectivity index (χ3v) is 7.52. The zero-order chi connectivity index (χ0) is 26.2. The number of anilines is 1. The summed E-state index contributed by atoms with van der Waals surface area (Å²) in [5.74, 6) is -0.254. The van der Waals surface area contributed by atoms with E-state index in [1.54, 1.807) is 32.4 Å². The van der Waals surface area contributed by atoms with Crippen LogP contribution in [0.4, 0.5) is 5.00 Å². The summed E-state index contributed by atoms with van der Waals surface area (Å²) in [4.78, 5) is 37.8. The Bertz CT molecular complexity index is 1240. The molecule has 192 valence electrons. The van der Waals surface area contributed by atoms with Crippen molar-refractivity contribution in [2.45, 2.75) is 32.5 Å².